The average molecular weight is 440 g/mol. The van der Waals surface area contributed by atoms with Gasteiger partial charge in [0.2, 0.25) is 5.82 Å². The lowest BCUT2D eigenvalue weighted by atomic mass is 9.93. The van der Waals surface area contributed by atoms with Crippen molar-refractivity contribution in [3.8, 4) is 11.4 Å². The van der Waals surface area contributed by atoms with Crippen molar-refractivity contribution in [3.05, 3.63) is 60.0 Å². The molecule has 0 unspecified atom stereocenters. The highest BCUT2D eigenvalue weighted by molar-refractivity contribution is 5.88. The van der Waals surface area contributed by atoms with Gasteiger partial charge in [0.15, 0.2) is 0 Å². The van der Waals surface area contributed by atoms with Crippen LogP contribution in [0.3, 0.4) is 0 Å². The molecule has 1 fully saturated rings. The molecule has 32 heavy (non-hydrogen) atoms. The molecular weight excluding hydrogens is 421 g/mol. The van der Waals surface area contributed by atoms with Crippen molar-refractivity contribution in [2.24, 2.45) is 0 Å². The van der Waals surface area contributed by atoms with Crippen LogP contribution in [-0.4, -0.2) is 38.2 Å². The number of halogens is 3. The molecule has 5 heterocycles. The first kappa shape index (κ1) is 20.3. The number of nitrogens with zero attached hydrogens (tertiary/aromatic N) is 6. The minimum atomic E-state index is -4.67. The zero-order chi connectivity index (χ0) is 22.3. The largest absolute Gasteiger partial charge is 0.471 e. The third-order valence-corrected chi connectivity index (χ3v) is 5.60. The van der Waals surface area contributed by atoms with Gasteiger partial charge in [-0.2, -0.15) is 18.2 Å². The highest BCUT2D eigenvalue weighted by atomic mass is 19.4. The summed E-state index contributed by atoms with van der Waals surface area (Å²) in [4.78, 5) is 19.3. The maximum atomic E-state index is 12.7. The maximum Gasteiger partial charge on any atom is 0.471 e. The van der Waals surface area contributed by atoms with Gasteiger partial charge in [0.25, 0.3) is 0 Å². The molecule has 1 saturated heterocycles. The summed E-state index contributed by atoms with van der Waals surface area (Å²) in [5, 5.41) is 3.42. The Balaban J connectivity index is 1.37. The number of fused-ring (bicyclic) bond motifs is 1. The number of piperidine rings is 1. The Hall–Kier alpha value is -3.56. The molecule has 1 atom stereocenters. The number of anilines is 1. The molecule has 0 saturated carbocycles. The van der Waals surface area contributed by atoms with Gasteiger partial charge in [-0.1, -0.05) is 5.16 Å². The zero-order valence-corrected chi connectivity index (χ0v) is 17.2. The van der Waals surface area contributed by atoms with Crippen LogP contribution in [0.1, 0.15) is 36.0 Å². The molecule has 1 aliphatic heterocycles. The first-order valence-corrected chi connectivity index (χ1v) is 10.2. The van der Waals surface area contributed by atoms with Crippen molar-refractivity contribution in [1.29, 1.82) is 0 Å². The second-order valence-corrected chi connectivity index (χ2v) is 7.83. The third-order valence-electron chi connectivity index (χ3n) is 5.60. The lowest BCUT2D eigenvalue weighted by Gasteiger charge is -2.34. The van der Waals surface area contributed by atoms with Crippen LogP contribution in [0.15, 0.2) is 47.2 Å². The van der Waals surface area contributed by atoms with Crippen LogP contribution in [0.5, 0.6) is 0 Å². The quantitative estimate of drug-likeness (QED) is 0.453. The topological polar surface area (TPSA) is 80.8 Å². The summed E-state index contributed by atoms with van der Waals surface area (Å²) in [7, 11) is 0. The number of alkyl halides is 3. The fourth-order valence-corrected chi connectivity index (χ4v) is 4.04. The molecule has 5 rings (SSSR count). The number of aromatic nitrogens is 5. The third kappa shape index (κ3) is 3.88. The van der Waals surface area contributed by atoms with Crippen molar-refractivity contribution < 1.29 is 17.7 Å². The highest BCUT2D eigenvalue weighted by Crippen LogP contribution is 2.33. The van der Waals surface area contributed by atoms with Crippen molar-refractivity contribution in [3.63, 3.8) is 0 Å². The van der Waals surface area contributed by atoms with Crippen LogP contribution in [0.4, 0.5) is 18.9 Å². The molecule has 0 amide bonds. The first-order valence-electron chi connectivity index (χ1n) is 10.2. The Morgan fingerprint density at radius 1 is 1.06 bits per heavy atom. The minimum absolute atomic E-state index is 0.133. The summed E-state index contributed by atoms with van der Waals surface area (Å²) < 4.78 is 42.4. The van der Waals surface area contributed by atoms with Crippen LogP contribution >= 0.6 is 0 Å². The molecule has 0 radical (unpaired) electrons. The number of hydrogen-bond donors (Lipinski definition) is 0. The minimum Gasteiger partial charge on any atom is -0.369 e. The molecule has 0 spiro atoms. The van der Waals surface area contributed by atoms with Crippen LogP contribution in [0, 0.1) is 6.92 Å². The highest BCUT2D eigenvalue weighted by Gasteiger charge is 2.38. The van der Waals surface area contributed by atoms with Gasteiger partial charge in [0.1, 0.15) is 5.52 Å². The molecule has 0 N–H and O–H groups in total. The lowest BCUT2D eigenvalue weighted by Crippen LogP contribution is -2.34. The SMILES string of the molecule is Cc1ccc2nccc(N3CCC[C@H](c4ccc(-c5noc(C(F)(F)F)n5)cn4)C3)c2n1. The van der Waals surface area contributed by atoms with E-state index < -0.39 is 12.1 Å². The van der Waals surface area contributed by atoms with E-state index in [0.29, 0.717) is 5.56 Å². The van der Waals surface area contributed by atoms with Crippen molar-refractivity contribution in [2.45, 2.75) is 31.9 Å². The maximum absolute atomic E-state index is 12.7. The summed E-state index contributed by atoms with van der Waals surface area (Å²) in [6.07, 6.45) is 0.578. The summed E-state index contributed by atoms with van der Waals surface area (Å²) in [5.41, 5.74) is 4.98. The van der Waals surface area contributed by atoms with E-state index in [0.717, 1.165) is 54.0 Å². The van der Waals surface area contributed by atoms with E-state index >= 15 is 0 Å². The predicted molar refractivity (Wildman–Crippen MR) is 111 cm³/mol. The van der Waals surface area contributed by atoms with Gasteiger partial charge >= 0.3 is 12.1 Å². The number of hydrogen-bond acceptors (Lipinski definition) is 7. The molecule has 0 aliphatic carbocycles. The molecule has 0 bridgehead atoms. The lowest BCUT2D eigenvalue weighted by molar-refractivity contribution is -0.159. The molecule has 4 aromatic rings. The Labute approximate surface area is 181 Å². The zero-order valence-electron chi connectivity index (χ0n) is 17.2. The number of aryl methyl sites for hydroxylation is 1. The normalized spacial score (nSPS) is 17.1. The second kappa shape index (κ2) is 7.85. The molecule has 1 aliphatic rings. The second-order valence-electron chi connectivity index (χ2n) is 7.83. The Bertz CT molecular complexity index is 1250. The molecule has 4 aromatic heterocycles. The number of pyridine rings is 3. The van der Waals surface area contributed by atoms with E-state index in [1.807, 2.05) is 31.2 Å². The van der Waals surface area contributed by atoms with E-state index in [1.54, 1.807) is 12.3 Å². The van der Waals surface area contributed by atoms with Crippen LogP contribution in [-0.2, 0) is 6.18 Å². The van der Waals surface area contributed by atoms with Crippen LogP contribution in [0.2, 0.25) is 0 Å². The van der Waals surface area contributed by atoms with Crippen molar-refractivity contribution in [1.82, 2.24) is 25.1 Å². The smallest absolute Gasteiger partial charge is 0.369 e. The van der Waals surface area contributed by atoms with Gasteiger partial charge in [0.05, 0.1) is 11.2 Å². The van der Waals surface area contributed by atoms with Crippen molar-refractivity contribution in [2.75, 3.05) is 18.0 Å². The van der Waals surface area contributed by atoms with E-state index in [1.165, 1.54) is 6.20 Å². The number of rotatable bonds is 3. The standard InChI is InChI=1S/C22H19F3N6O/c1-13-4-6-17-19(28-13)18(8-9-26-17)31-10-2-3-15(12-31)16-7-5-14(11-27-16)20-29-21(32-30-20)22(23,24)25/h4-9,11,15H,2-3,10,12H2,1H3/t15-/m0/s1. The summed E-state index contributed by atoms with van der Waals surface area (Å²) >= 11 is 0. The van der Waals surface area contributed by atoms with Crippen LogP contribution < -0.4 is 4.90 Å². The molecular formula is C22H19F3N6O. The van der Waals surface area contributed by atoms with E-state index in [4.69, 9.17) is 4.98 Å². The Kier molecular flexibility index (Phi) is 4.99. The van der Waals surface area contributed by atoms with E-state index in [2.05, 4.69) is 29.5 Å². The summed E-state index contributed by atoms with van der Waals surface area (Å²) in [5.74, 6) is -1.32. The molecule has 0 aromatic carbocycles. The van der Waals surface area contributed by atoms with Gasteiger partial charge in [-0.15, -0.1) is 0 Å². The molecule has 164 valence electrons. The Morgan fingerprint density at radius 3 is 2.69 bits per heavy atom. The van der Waals surface area contributed by atoms with Gasteiger partial charge in [-0.05, 0) is 50.1 Å². The van der Waals surface area contributed by atoms with Crippen molar-refractivity contribution >= 4 is 16.7 Å². The van der Waals surface area contributed by atoms with E-state index in [9.17, 15) is 13.2 Å². The van der Waals surface area contributed by atoms with E-state index in [-0.39, 0.29) is 11.7 Å². The van der Waals surface area contributed by atoms with Gasteiger partial charge in [-0.3, -0.25) is 9.97 Å². The predicted octanol–water partition coefficient (Wildman–Crippen LogP) is 4.79. The molecule has 10 heteroatoms. The fraction of sp³-hybridized carbons (Fsp3) is 0.318. The van der Waals surface area contributed by atoms with Gasteiger partial charge in [-0.25, -0.2) is 4.98 Å². The van der Waals surface area contributed by atoms with Gasteiger partial charge in [0, 0.05) is 48.4 Å². The van der Waals surface area contributed by atoms with Crippen LogP contribution in [0.25, 0.3) is 22.4 Å². The monoisotopic (exact) mass is 440 g/mol. The fourth-order valence-electron chi connectivity index (χ4n) is 4.04. The average Bonchev–Trinajstić information content (AvgIpc) is 3.30. The molecule has 7 nitrogen and oxygen atoms in total. The Morgan fingerprint density at radius 2 is 1.94 bits per heavy atom. The summed E-state index contributed by atoms with van der Waals surface area (Å²) in [6, 6.07) is 9.41. The summed E-state index contributed by atoms with van der Waals surface area (Å²) in [6.45, 7) is 3.63. The van der Waals surface area contributed by atoms with Gasteiger partial charge < -0.3 is 9.42 Å². The first-order chi connectivity index (χ1) is 15.4.